The van der Waals surface area contributed by atoms with E-state index in [1.54, 1.807) is 6.20 Å². The highest BCUT2D eigenvalue weighted by atomic mass is 16.5. The minimum atomic E-state index is -0.0626. The van der Waals surface area contributed by atoms with E-state index in [4.69, 9.17) is 4.74 Å². The van der Waals surface area contributed by atoms with E-state index < -0.39 is 0 Å². The maximum atomic E-state index is 13.0. The third-order valence-corrected chi connectivity index (χ3v) is 5.50. The summed E-state index contributed by atoms with van der Waals surface area (Å²) in [4.78, 5) is 19.8. The zero-order valence-electron chi connectivity index (χ0n) is 16.7. The van der Waals surface area contributed by atoms with Crippen molar-refractivity contribution < 1.29 is 9.53 Å². The van der Waals surface area contributed by atoms with Crippen molar-refractivity contribution in [1.29, 1.82) is 0 Å². The van der Waals surface area contributed by atoms with Crippen LogP contribution in [-0.4, -0.2) is 41.8 Å². The molecule has 3 heterocycles. The predicted octanol–water partition coefficient (Wildman–Crippen LogP) is 2.96. The van der Waals surface area contributed by atoms with Crippen LogP contribution in [-0.2, 0) is 18.3 Å². The Morgan fingerprint density at radius 2 is 1.96 bits per heavy atom. The number of aryl methyl sites for hydroxylation is 3. The Morgan fingerprint density at radius 1 is 1.18 bits per heavy atom. The molecule has 3 aromatic rings. The van der Waals surface area contributed by atoms with Gasteiger partial charge in [-0.2, -0.15) is 0 Å². The summed E-state index contributed by atoms with van der Waals surface area (Å²) in [5.74, 6) is 0.864. The Morgan fingerprint density at radius 3 is 2.71 bits per heavy atom. The summed E-state index contributed by atoms with van der Waals surface area (Å²) in [5.41, 5.74) is 5.02. The maximum absolute atomic E-state index is 13.0. The lowest BCUT2D eigenvalue weighted by Gasteiger charge is -2.29. The number of nitrogens with one attached hydrogen (secondary N) is 1. The molecule has 146 valence electrons. The van der Waals surface area contributed by atoms with E-state index in [0.717, 1.165) is 40.9 Å². The van der Waals surface area contributed by atoms with Crippen LogP contribution in [0.15, 0.2) is 36.5 Å². The SMILES string of the molecule is Cc1c(C(=O)NCc2cccnc2N2CCOCC2)n(C)c2c(C)cccc12. The number of carbonyl (C=O) groups excluding carboxylic acids is 1. The van der Waals surface area contributed by atoms with Gasteiger partial charge in [-0.05, 0) is 31.0 Å². The lowest BCUT2D eigenvalue weighted by molar-refractivity contribution is 0.0942. The van der Waals surface area contributed by atoms with Gasteiger partial charge in [-0.25, -0.2) is 4.98 Å². The molecule has 4 rings (SSSR count). The molecule has 28 heavy (non-hydrogen) atoms. The van der Waals surface area contributed by atoms with Crippen molar-refractivity contribution in [2.24, 2.45) is 7.05 Å². The molecule has 1 N–H and O–H groups in total. The van der Waals surface area contributed by atoms with Crippen molar-refractivity contribution in [3.8, 4) is 0 Å². The summed E-state index contributed by atoms with van der Waals surface area (Å²) in [6.07, 6.45) is 1.80. The number of benzene rings is 1. The summed E-state index contributed by atoms with van der Waals surface area (Å²) in [6.45, 7) is 7.58. The molecule has 0 bridgehead atoms. The van der Waals surface area contributed by atoms with Crippen LogP contribution >= 0.6 is 0 Å². The van der Waals surface area contributed by atoms with E-state index in [0.29, 0.717) is 25.5 Å². The van der Waals surface area contributed by atoms with Gasteiger partial charge in [-0.3, -0.25) is 4.79 Å². The lowest BCUT2D eigenvalue weighted by Crippen LogP contribution is -2.38. The number of rotatable bonds is 4. The monoisotopic (exact) mass is 378 g/mol. The van der Waals surface area contributed by atoms with Crippen LogP contribution < -0.4 is 10.2 Å². The fourth-order valence-corrected chi connectivity index (χ4v) is 4.11. The molecule has 0 saturated carbocycles. The number of morpholine rings is 1. The van der Waals surface area contributed by atoms with Crippen molar-refractivity contribution in [2.45, 2.75) is 20.4 Å². The molecule has 1 aliphatic heterocycles. The first-order valence-corrected chi connectivity index (χ1v) is 9.67. The van der Waals surface area contributed by atoms with E-state index in [-0.39, 0.29) is 5.91 Å². The molecule has 2 aromatic heterocycles. The number of nitrogens with zero attached hydrogens (tertiary/aromatic N) is 3. The minimum absolute atomic E-state index is 0.0626. The number of amides is 1. The topological polar surface area (TPSA) is 59.4 Å². The van der Waals surface area contributed by atoms with Gasteiger partial charge < -0.3 is 19.5 Å². The summed E-state index contributed by atoms with van der Waals surface area (Å²) < 4.78 is 7.44. The molecule has 0 aliphatic carbocycles. The highest BCUT2D eigenvalue weighted by Gasteiger charge is 2.20. The van der Waals surface area contributed by atoms with Crippen molar-refractivity contribution in [3.63, 3.8) is 0 Å². The van der Waals surface area contributed by atoms with Crippen molar-refractivity contribution in [2.75, 3.05) is 31.2 Å². The first-order valence-electron chi connectivity index (χ1n) is 9.67. The molecular weight excluding hydrogens is 352 g/mol. The van der Waals surface area contributed by atoms with Gasteiger partial charge in [0.05, 0.1) is 18.7 Å². The van der Waals surface area contributed by atoms with Gasteiger partial charge in [-0.1, -0.05) is 24.3 Å². The molecule has 0 spiro atoms. The number of para-hydroxylation sites is 1. The molecular formula is C22H26N4O2. The smallest absolute Gasteiger partial charge is 0.268 e. The van der Waals surface area contributed by atoms with Crippen LogP contribution in [0.5, 0.6) is 0 Å². The summed E-state index contributed by atoms with van der Waals surface area (Å²) in [5, 5.41) is 4.23. The molecule has 0 atom stereocenters. The zero-order chi connectivity index (χ0) is 19.7. The van der Waals surface area contributed by atoms with Crippen molar-refractivity contribution in [3.05, 3.63) is 58.9 Å². The first-order chi connectivity index (χ1) is 13.6. The quantitative estimate of drug-likeness (QED) is 0.758. The second-order valence-corrected chi connectivity index (χ2v) is 7.27. The van der Waals surface area contributed by atoms with E-state index in [1.807, 2.05) is 36.7 Å². The number of anilines is 1. The van der Waals surface area contributed by atoms with Crippen LogP contribution in [0.3, 0.4) is 0 Å². The number of aromatic nitrogens is 2. The predicted molar refractivity (Wildman–Crippen MR) is 111 cm³/mol. The zero-order valence-corrected chi connectivity index (χ0v) is 16.7. The van der Waals surface area contributed by atoms with E-state index >= 15 is 0 Å². The Hall–Kier alpha value is -2.86. The maximum Gasteiger partial charge on any atom is 0.268 e. The summed E-state index contributed by atoms with van der Waals surface area (Å²) in [7, 11) is 1.96. The third-order valence-electron chi connectivity index (χ3n) is 5.50. The van der Waals surface area contributed by atoms with Crippen LogP contribution in [0.1, 0.15) is 27.2 Å². The number of pyridine rings is 1. The van der Waals surface area contributed by atoms with E-state index in [1.165, 1.54) is 5.56 Å². The van der Waals surface area contributed by atoms with Crippen LogP contribution in [0.2, 0.25) is 0 Å². The molecule has 0 unspecified atom stereocenters. The van der Waals surface area contributed by atoms with Gasteiger partial charge in [0.2, 0.25) is 0 Å². The molecule has 1 fully saturated rings. The second kappa shape index (κ2) is 7.64. The fraction of sp³-hybridized carbons (Fsp3) is 0.364. The van der Waals surface area contributed by atoms with Crippen LogP contribution in [0.25, 0.3) is 10.9 Å². The van der Waals surface area contributed by atoms with Gasteiger partial charge in [0.15, 0.2) is 0 Å². The Balaban J connectivity index is 1.58. The number of hydrogen-bond acceptors (Lipinski definition) is 4. The molecule has 1 saturated heterocycles. The molecule has 0 radical (unpaired) electrons. The summed E-state index contributed by atoms with van der Waals surface area (Å²) in [6, 6.07) is 10.1. The largest absolute Gasteiger partial charge is 0.378 e. The van der Waals surface area contributed by atoms with E-state index in [2.05, 4.69) is 34.3 Å². The van der Waals surface area contributed by atoms with Crippen LogP contribution in [0.4, 0.5) is 5.82 Å². The number of ether oxygens (including phenoxy) is 1. The minimum Gasteiger partial charge on any atom is -0.378 e. The van der Waals surface area contributed by atoms with Gasteiger partial charge >= 0.3 is 0 Å². The molecule has 6 nitrogen and oxygen atoms in total. The normalized spacial score (nSPS) is 14.5. The lowest BCUT2D eigenvalue weighted by atomic mass is 10.1. The molecule has 1 amide bonds. The van der Waals surface area contributed by atoms with Crippen molar-refractivity contribution >= 4 is 22.6 Å². The second-order valence-electron chi connectivity index (χ2n) is 7.27. The molecule has 6 heteroatoms. The molecule has 1 aliphatic rings. The van der Waals surface area contributed by atoms with Gasteiger partial charge in [0.1, 0.15) is 11.5 Å². The number of hydrogen-bond donors (Lipinski definition) is 1. The Kier molecular flexibility index (Phi) is 5.05. The standard InChI is InChI=1S/C22H26N4O2/c1-15-6-4-8-18-16(2)20(25(3)19(15)18)22(27)24-14-17-7-5-9-23-21(17)26-10-12-28-13-11-26/h4-9H,10-14H2,1-3H3,(H,24,27). The van der Waals surface area contributed by atoms with E-state index in [9.17, 15) is 4.79 Å². The number of fused-ring (bicyclic) bond motifs is 1. The third kappa shape index (κ3) is 3.24. The van der Waals surface area contributed by atoms with Crippen molar-refractivity contribution in [1.82, 2.24) is 14.9 Å². The first kappa shape index (κ1) is 18.5. The highest BCUT2D eigenvalue weighted by molar-refractivity contribution is 6.02. The highest BCUT2D eigenvalue weighted by Crippen LogP contribution is 2.27. The van der Waals surface area contributed by atoms with Gasteiger partial charge in [0.25, 0.3) is 5.91 Å². The Labute approximate surface area is 165 Å². The fourth-order valence-electron chi connectivity index (χ4n) is 4.11. The Bertz CT molecular complexity index is 1020. The summed E-state index contributed by atoms with van der Waals surface area (Å²) >= 11 is 0. The molecule has 1 aromatic carbocycles. The van der Waals surface area contributed by atoms with Gasteiger partial charge in [-0.15, -0.1) is 0 Å². The average Bonchev–Trinajstić information content (AvgIpc) is 2.98. The average molecular weight is 378 g/mol. The van der Waals surface area contributed by atoms with Gasteiger partial charge in [0, 0.05) is 43.8 Å². The van der Waals surface area contributed by atoms with Crippen LogP contribution in [0, 0.1) is 13.8 Å². The number of carbonyl (C=O) groups is 1.